The van der Waals surface area contributed by atoms with Gasteiger partial charge in [0.05, 0.1) is 10.6 Å². The van der Waals surface area contributed by atoms with Gasteiger partial charge in [0.15, 0.2) is 0 Å². The second-order valence-electron chi connectivity index (χ2n) is 8.42. The second kappa shape index (κ2) is 9.18. The normalized spacial score (nSPS) is 15.4. The maximum absolute atomic E-state index is 6.22. The zero-order valence-electron chi connectivity index (χ0n) is 18.2. The molecule has 2 aromatic heterocycles. The average molecular weight is 444 g/mol. The lowest BCUT2D eigenvalue weighted by Gasteiger charge is -2.27. The Hall–Kier alpha value is -3.09. The van der Waals surface area contributed by atoms with E-state index in [9.17, 15) is 0 Å². The maximum atomic E-state index is 6.22. The number of rotatable bonds is 6. The van der Waals surface area contributed by atoms with Gasteiger partial charge in [-0.15, -0.1) is 11.3 Å². The summed E-state index contributed by atoms with van der Waals surface area (Å²) >= 11 is 1.60. The van der Waals surface area contributed by atoms with Crippen LogP contribution in [-0.4, -0.2) is 34.9 Å². The molecule has 0 saturated carbocycles. The number of anilines is 1. The van der Waals surface area contributed by atoms with Gasteiger partial charge in [0.2, 0.25) is 0 Å². The van der Waals surface area contributed by atoms with E-state index in [4.69, 9.17) is 11.5 Å². The number of piperidine rings is 1. The van der Waals surface area contributed by atoms with Crippen LogP contribution in [-0.2, 0) is 6.54 Å². The number of nitrogen functional groups attached to an aromatic ring is 1. The van der Waals surface area contributed by atoms with Crippen LogP contribution in [0.25, 0.3) is 22.2 Å². The molecular weight excluding hydrogens is 414 g/mol. The highest BCUT2D eigenvalue weighted by atomic mass is 32.1. The van der Waals surface area contributed by atoms with Crippen molar-refractivity contribution in [3.63, 3.8) is 0 Å². The molecule has 0 spiro atoms. The molecule has 164 valence electrons. The molecule has 0 aliphatic carbocycles. The summed E-state index contributed by atoms with van der Waals surface area (Å²) < 4.78 is 2.44. The minimum absolute atomic E-state index is 0.558. The van der Waals surface area contributed by atoms with Gasteiger partial charge in [0.25, 0.3) is 0 Å². The van der Waals surface area contributed by atoms with Crippen molar-refractivity contribution in [3.05, 3.63) is 70.9 Å². The Balaban J connectivity index is 1.51. The van der Waals surface area contributed by atoms with Gasteiger partial charge in [0.1, 0.15) is 5.84 Å². The lowest BCUT2D eigenvalue weighted by atomic mass is 10.1. The first-order valence-corrected chi connectivity index (χ1v) is 12.1. The Bertz CT molecular complexity index is 1220. The first-order chi connectivity index (χ1) is 15.7. The summed E-state index contributed by atoms with van der Waals surface area (Å²) in [7, 11) is 0. The number of thiophene rings is 1. The standard InChI is InChI=1S/C26H29N5S/c27-21-8-6-19(7-9-21)24-18-20-17-22(29-26(28)25-5-4-16-32-25)10-11-23(20)31(24)15-14-30-12-2-1-3-13-30/h4-11,16-18H,1-3,12-15,27H2,(H2,28,29). The minimum Gasteiger partial charge on any atom is -0.399 e. The Kier molecular flexibility index (Phi) is 5.97. The number of fused-ring (bicyclic) bond motifs is 1. The molecule has 4 aromatic rings. The predicted molar refractivity (Wildman–Crippen MR) is 137 cm³/mol. The molecule has 0 unspecified atom stereocenters. The lowest BCUT2D eigenvalue weighted by molar-refractivity contribution is 0.222. The van der Waals surface area contributed by atoms with E-state index in [1.807, 2.05) is 29.6 Å². The third-order valence-corrected chi connectivity index (χ3v) is 7.10. The smallest absolute Gasteiger partial charge is 0.141 e. The van der Waals surface area contributed by atoms with E-state index in [0.717, 1.165) is 29.3 Å². The van der Waals surface area contributed by atoms with Gasteiger partial charge in [-0.05, 0) is 79.3 Å². The number of hydrogen-bond donors (Lipinski definition) is 2. The third-order valence-electron chi connectivity index (χ3n) is 6.20. The number of amidine groups is 1. The van der Waals surface area contributed by atoms with Crippen LogP contribution in [0, 0.1) is 0 Å². The summed E-state index contributed by atoms with van der Waals surface area (Å²) in [5.41, 5.74) is 17.4. The van der Waals surface area contributed by atoms with Crippen LogP contribution in [0.4, 0.5) is 11.4 Å². The van der Waals surface area contributed by atoms with Gasteiger partial charge in [0, 0.05) is 35.4 Å². The van der Waals surface area contributed by atoms with Crippen molar-refractivity contribution in [3.8, 4) is 11.3 Å². The van der Waals surface area contributed by atoms with E-state index >= 15 is 0 Å². The van der Waals surface area contributed by atoms with Crippen LogP contribution >= 0.6 is 11.3 Å². The maximum Gasteiger partial charge on any atom is 0.141 e. The summed E-state index contributed by atoms with van der Waals surface area (Å²) in [5, 5.41) is 3.19. The zero-order chi connectivity index (χ0) is 21.9. The van der Waals surface area contributed by atoms with Gasteiger partial charge >= 0.3 is 0 Å². The average Bonchev–Trinajstić information content (AvgIpc) is 3.47. The molecule has 1 aliphatic heterocycles. The topological polar surface area (TPSA) is 72.6 Å². The predicted octanol–water partition coefficient (Wildman–Crippen LogP) is 5.47. The van der Waals surface area contributed by atoms with Gasteiger partial charge in [-0.3, -0.25) is 0 Å². The van der Waals surface area contributed by atoms with Gasteiger partial charge in [-0.25, -0.2) is 4.99 Å². The molecule has 5 rings (SSSR count). The first kappa shape index (κ1) is 20.8. The largest absolute Gasteiger partial charge is 0.399 e. The minimum atomic E-state index is 0.558. The van der Waals surface area contributed by atoms with Gasteiger partial charge in [-0.2, -0.15) is 0 Å². The van der Waals surface area contributed by atoms with Crippen molar-refractivity contribution >= 4 is 39.5 Å². The molecule has 1 aliphatic rings. The van der Waals surface area contributed by atoms with Crippen molar-refractivity contribution in [1.29, 1.82) is 0 Å². The molecule has 1 fully saturated rings. The van der Waals surface area contributed by atoms with E-state index in [1.54, 1.807) is 11.3 Å². The Morgan fingerprint density at radius 1 is 0.938 bits per heavy atom. The molecule has 2 aromatic carbocycles. The Labute approximate surface area is 193 Å². The number of hydrogen-bond acceptors (Lipinski definition) is 4. The number of benzene rings is 2. The molecule has 5 nitrogen and oxygen atoms in total. The summed E-state index contributed by atoms with van der Waals surface area (Å²) in [6.07, 6.45) is 3.98. The molecule has 3 heterocycles. The van der Waals surface area contributed by atoms with Crippen LogP contribution in [0.15, 0.2) is 71.0 Å². The van der Waals surface area contributed by atoms with Crippen LogP contribution in [0.2, 0.25) is 0 Å². The number of likely N-dealkylation sites (tertiary alicyclic amines) is 1. The fourth-order valence-corrected chi connectivity index (χ4v) is 5.13. The molecule has 0 bridgehead atoms. The van der Waals surface area contributed by atoms with Crippen LogP contribution in [0.5, 0.6) is 0 Å². The summed E-state index contributed by atoms with van der Waals surface area (Å²) in [5.74, 6) is 0.558. The first-order valence-electron chi connectivity index (χ1n) is 11.3. The molecule has 0 amide bonds. The summed E-state index contributed by atoms with van der Waals surface area (Å²) in [6.45, 7) is 4.44. The number of aliphatic imine (C=N–C) groups is 1. The van der Waals surface area contributed by atoms with Crippen molar-refractivity contribution in [2.24, 2.45) is 10.7 Å². The zero-order valence-corrected chi connectivity index (χ0v) is 19.0. The number of aromatic nitrogens is 1. The van der Waals surface area contributed by atoms with Crippen LogP contribution in [0.1, 0.15) is 24.1 Å². The molecule has 0 radical (unpaired) electrons. The van der Waals surface area contributed by atoms with Crippen LogP contribution in [0.3, 0.4) is 0 Å². The van der Waals surface area contributed by atoms with Gasteiger partial charge < -0.3 is 20.9 Å². The third kappa shape index (κ3) is 4.42. The number of nitrogens with zero attached hydrogens (tertiary/aromatic N) is 3. The molecule has 32 heavy (non-hydrogen) atoms. The Morgan fingerprint density at radius 2 is 1.75 bits per heavy atom. The monoisotopic (exact) mass is 443 g/mol. The highest BCUT2D eigenvalue weighted by Gasteiger charge is 2.15. The molecule has 1 saturated heterocycles. The van der Waals surface area contributed by atoms with E-state index < -0.39 is 0 Å². The SMILES string of the molecule is NC(=Nc1ccc2c(c1)cc(-c1ccc(N)cc1)n2CCN1CCCCC1)c1cccs1. The Morgan fingerprint density at radius 3 is 2.50 bits per heavy atom. The van der Waals surface area contributed by atoms with Crippen LogP contribution < -0.4 is 11.5 Å². The molecular formula is C26H29N5S. The van der Waals surface area contributed by atoms with E-state index in [-0.39, 0.29) is 0 Å². The van der Waals surface area contributed by atoms with E-state index in [2.05, 4.69) is 50.9 Å². The quantitative estimate of drug-likeness (QED) is 0.236. The fraction of sp³-hybridized carbons (Fsp3) is 0.269. The van der Waals surface area contributed by atoms with E-state index in [1.165, 1.54) is 54.5 Å². The van der Waals surface area contributed by atoms with Crippen molar-refractivity contribution < 1.29 is 0 Å². The number of nitrogens with two attached hydrogens (primary N) is 2. The summed E-state index contributed by atoms with van der Waals surface area (Å²) in [6, 6.07) is 20.8. The van der Waals surface area contributed by atoms with Crippen molar-refractivity contribution in [1.82, 2.24) is 9.47 Å². The second-order valence-corrected chi connectivity index (χ2v) is 9.37. The van der Waals surface area contributed by atoms with Crippen molar-refractivity contribution in [2.75, 3.05) is 25.4 Å². The van der Waals surface area contributed by atoms with Crippen molar-refractivity contribution in [2.45, 2.75) is 25.8 Å². The lowest BCUT2D eigenvalue weighted by Crippen LogP contribution is -2.32. The highest BCUT2D eigenvalue weighted by Crippen LogP contribution is 2.31. The van der Waals surface area contributed by atoms with E-state index in [0.29, 0.717) is 5.84 Å². The molecule has 0 atom stereocenters. The highest BCUT2D eigenvalue weighted by molar-refractivity contribution is 7.12. The fourth-order valence-electron chi connectivity index (χ4n) is 4.50. The molecule has 4 N–H and O–H groups in total. The molecule has 6 heteroatoms. The summed E-state index contributed by atoms with van der Waals surface area (Å²) in [4.78, 5) is 8.24. The van der Waals surface area contributed by atoms with Gasteiger partial charge in [-0.1, -0.05) is 24.6 Å².